The number of esters is 1. The van der Waals surface area contributed by atoms with Crippen LogP contribution in [0.2, 0.25) is 0 Å². The molecule has 0 aliphatic heterocycles. The van der Waals surface area contributed by atoms with Gasteiger partial charge in [0.05, 0.1) is 34.4 Å². The molecule has 0 saturated heterocycles. The Bertz CT molecular complexity index is 1240. The summed E-state index contributed by atoms with van der Waals surface area (Å²) in [6.07, 6.45) is 67.2. The van der Waals surface area contributed by atoms with E-state index in [4.69, 9.17) is 18.5 Å². The highest BCUT2D eigenvalue weighted by molar-refractivity contribution is 7.45. The van der Waals surface area contributed by atoms with Crippen LogP contribution in [0.15, 0.2) is 48.6 Å². The lowest BCUT2D eigenvalue weighted by Crippen LogP contribution is -2.37. The minimum atomic E-state index is -4.54. The average molecular weight is 993 g/mol. The molecule has 0 aliphatic carbocycles. The van der Waals surface area contributed by atoms with Gasteiger partial charge in [-0.1, -0.05) is 236 Å². The lowest BCUT2D eigenvalue weighted by atomic mass is 10.0. The van der Waals surface area contributed by atoms with E-state index >= 15 is 0 Å². The van der Waals surface area contributed by atoms with Gasteiger partial charge in [-0.05, 0) is 77.0 Å². The van der Waals surface area contributed by atoms with E-state index in [0.717, 1.165) is 51.4 Å². The molecule has 0 aromatic rings. The maximum absolute atomic E-state index is 12.8. The number of carbonyl (C=O) groups is 1. The highest BCUT2D eigenvalue weighted by atomic mass is 31.2. The highest BCUT2D eigenvalue weighted by Crippen LogP contribution is 2.38. The maximum atomic E-state index is 12.8. The summed E-state index contributed by atoms with van der Waals surface area (Å²) in [4.78, 5) is 25.3. The van der Waals surface area contributed by atoms with E-state index in [1.807, 2.05) is 21.1 Å². The summed E-state index contributed by atoms with van der Waals surface area (Å²) in [7, 11) is 1.35. The van der Waals surface area contributed by atoms with Crippen molar-refractivity contribution in [2.45, 2.75) is 277 Å². The van der Waals surface area contributed by atoms with Gasteiger partial charge in [0.25, 0.3) is 7.82 Å². The van der Waals surface area contributed by atoms with Crippen molar-refractivity contribution in [2.75, 3.05) is 54.1 Å². The van der Waals surface area contributed by atoms with Crippen molar-refractivity contribution in [2.24, 2.45) is 0 Å². The molecular formula is C60H114NO7P. The molecule has 0 spiro atoms. The van der Waals surface area contributed by atoms with Crippen molar-refractivity contribution in [1.82, 2.24) is 0 Å². The molecule has 0 radical (unpaired) electrons. The number of hydrogen-bond donors (Lipinski definition) is 0. The number of nitrogens with zero attached hydrogens (tertiary/aromatic N) is 1. The van der Waals surface area contributed by atoms with Gasteiger partial charge in [0.15, 0.2) is 0 Å². The Morgan fingerprint density at radius 1 is 0.449 bits per heavy atom. The van der Waals surface area contributed by atoms with Gasteiger partial charge < -0.3 is 27.9 Å². The van der Waals surface area contributed by atoms with Crippen molar-refractivity contribution < 1.29 is 37.3 Å². The predicted octanol–water partition coefficient (Wildman–Crippen LogP) is 18.0. The Morgan fingerprint density at radius 2 is 0.797 bits per heavy atom. The van der Waals surface area contributed by atoms with E-state index < -0.39 is 13.9 Å². The van der Waals surface area contributed by atoms with Gasteiger partial charge in [0, 0.05) is 13.0 Å². The molecule has 2 atom stereocenters. The fraction of sp³-hybridized carbons (Fsp3) is 0.850. The summed E-state index contributed by atoms with van der Waals surface area (Å²) < 4.78 is 34.9. The minimum Gasteiger partial charge on any atom is -0.756 e. The van der Waals surface area contributed by atoms with Crippen molar-refractivity contribution in [3.05, 3.63) is 48.6 Å². The van der Waals surface area contributed by atoms with Gasteiger partial charge in [0.2, 0.25) is 0 Å². The highest BCUT2D eigenvalue weighted by Gasteiger charge is 2.20. The standard InChI is InChI=1S/C60H114NO7P/c1-6-8-10-12-14-16-18-20-22-24-26-28-30-31-32-33-35-37-39-41-43-45-47-49-51-53-60(62)68-59(58-67-69(63,64)66-56-54-61(3,4)5)57-65-55-52-50-48-46-44-42-40-38-36-34-29-27-25-23-21-19-17-15-13-11-9-7-2/h19,21,24-27,34,36,59H,6-18,20,22-23,28-33,35,37-58H2,1-5H3/b21-19-,26-24-,27-25-,36-34-. The topological polar surface area (TPSA) is 94.1 Å². The molecular weight excluding hydrogens is 878 g/mol. The lowest BCUT2D eigenvalue weighted by Gasteiger charge is -2.28. The van der Waals surface area contributed by atoms with Crippen LogP contribution in [0.1, 0.15) is 271 Å². The maximum Gasteiger partial charge on any atom is 0.306 e. The Hall–Kier alpha value is -1.54. The number of phosphoric ester groups is 1. The second kappa shape index (κ2) is 52.8. The number of quaternary nitrogens is 1. The number of hydrogen-bond acceptors (Lipinski definition) is 7. The summed E-state index contributed by atoms with van der Waals surface area (Å²) in [6, 6.07) is 0. The molecule has 0 N–H and O–H groups in total. The van der Waals surface area contributed by atoms with Crippen LogP contribution >= 0.6 is 7.82 Å². The minimum absolute atomic E-state index is 0.0236. The fourth-order valence-electron chi connectivity index (χ4n) is 8.32. The van der Waals surface area contributed by atoms with Crippen LogP contribution < -0.4 is 4.89 Å². The quantitative estimate of drug-likeness (QED) is 0.0197. The van der Waals surface area contributed by atoms with Crippen molar-refractivity contribution in [1.29, 1.82) is 0 Å². The molecule has 0 bridgehead atoms. The SMILES string of the molecule is CCCCCCC/C=C\C/C=C\C/C=C\CCCCCCCCCOCC(COP(=O)([O-])OCC[N+](C)(C)C)OC(=O)CCCCCCCCCCCCCCC/C=C\CCCCCCCCCC. The van der Waals surface area contributed by atoms with Crippen LogP contribution in [-0.2, 0) is 27.9 Å². The molecule has 2 unspecified atom stereocenters. The van der Waals surface area contributed by atoms with Crippen molar-refractivity contribution in [3.8, 4) is 0 Å². The molecule has 0 fully saturated rings. The second-order valence-electron chi connectivity index (χ2n) is 21.0. The molecule has 8 nitrogen and oxygen atoms in total. The molecule has 0 aliphatic rings. The predicted molar refractivity (Wildman–Crippen MR) is 296 cm³/mol. The second-order valence-corrected chi connectivity index (χ2v) is 22.4. The van der Waals surface area contributed by atoms with E-state index in [-0.39, 0.29) is 25.8 Å². The molecule has 69 heavy (non-hydrogen) atoms. The van der Waals surface area contributed by atoms with E-state index in [2.05, 4.69) is 62.5 Å². The van der Waals surface area contributed by atoms with Crippen molar-refractivity contribution >= 4 is 13.8 Å². The third kappa shape index (κ3) is 57.2. The Kier molecular flexibility index (Phi) is 51.6. The number of unbranched alkanes of at least 4 members (excludes halogenated alkanes) is 33. The van der Waals surface area contributed by atoms with Crippen LogP contribution in [0.5, 0.6) is 0 Å². The van der Waals surface area contributed by atoms with Crippen LogP contribution in [0.3, 0.4) is 0 Å². The molecule has 0 rings (SSSR count). The number of phosphoric acid groups is 1. The average Bonchev–Trinajstić information content (AvgIpc) is 3.31. The van der Waals surface area contributed by atoms with Gasteiger partial charge in [-0.3, -0.25) is 9.36 Å². The third-order valence-electron chi connectivity index (χ3n) is 12.9. The van der Waals surface area contributed by atoms with E-state index in [1.165, 1.54) is 199 Å². The molecule has 0 aromatic heterocycles. The smallest absolute Gasteiger partial charge is 0.306 e. The summed E-state index contributed by atoms with van der Waals surface area (Å²) in [6.45, 7) is 5.42. The monoisotopic (exact) mass is 992 g/mol. The van der Waals surface area contributed by atoms with E-state index in [0.29, 0.717) is 24.1 Å². The lowest BCUT2D eigenvalue weighted by molar-refractivity contribution is -0.870. The zero-order valence-corrected chi connectivity index (χ0v) is 47.2. The third-order valence-corrected chi connectivity index (χ3v) is 13.8. The summed E-state index contributed by atoms with van der Waals surface area (Å²) in [5.41, 5.74) is 0. The number of ether oxygens (including phenoxy) is 2. The van der Waals surface area contributed by atoms with Gasteiger partial charge in [-0.2, -0.15) is 0 Å². The van der Waals surface area contributed by atoms with Crippen LogP contribution in [0, 0.1) is 0 Å². The molecule has 406 valence electrons. The molecule has 0 heterocycles. The number of likely N-dealkylation sites (N-methyl/N-ethyl adjacent to an activating group) is 1. The summed E-state index contributed by atoms with van der Waals surface area (Å²) in [5, 5.41) is 0. The first-order chi connectivity index (χ1) is 33.6. The Labute approximate surface area is 428 Å². The van der Waals surface area contributed by atoms with Crippen LogP contribution in [0.4, 0.5) is 0 Å². The van der Waals surface area contributed by atoms with Crippen LogP contribution in [-0.4, -0.2) is 70.7 Å². The first-order valence-corrected chi connectivity index (χ1v) is 30.8. The van der Waals surface area contributed by atoms with E-state index in [9.17, 15) is 14.3 Å². The number of carbonyl (C=O) groups excluding carboxylic acids is 1. The Balaban J connectivity index is 4.08. The zero-order chi connectivity index (χ0) is 50.5. The van der Waals surface area contributed by atoms with Gasteiger partial charge in [-0.15, -0.1) is 0 Å². The number of rotatable bonds is 55. The number of allylic oxidation sites excluding steroid dienone is 8. The Morgan fingerprint density at radius 3 is 1.20 bits per heavy atom. The van der Waals surface area contributed by atoms with Crippen LogP contribution in [0.25, 0.3) is 0 Å². The van der Waals surface area contributed by atoms with Crippen molar-refractivity contribution in [3.63, 3.8) is 0 Å². The molecule has 0 amide bonds. The first kappa shape index (κ1) is 67.5. The zero-order valence-electron chi connectivity index (χ0n) is 46.3. The molecule has 0 aromatic carbocycles. The fourth-order valence-corrected chi connectivity index (χ4v) is 9.04. The largest absolute Gasteiger partial charge is 0.756 e. The van der Waals surface area contributed by atoms with E-state index in [1.54, 1.807) is 0 Å². The molecule has 0 saturated carbocycles. The van der Waals surface area contributed by atoms with Gasteiger partial charge in [-0.25, -0.2) is 0 Å². The van der Waals surface area contributed by atoms with Gasteiger partial charge >= 0.3 is 5.97 Å². The summed E-state index contributed by atoms with van der Waals surface area (Å²) in [5.74, 6) is -0.334. The summed E-state index contributed by atoms with van der Waals surface area (Å²) >= 11 is 0. The first-order valence-electron chi connectivity index (χ1n) is 29.4. The normalized spacial score (nSPS) is 13.8. The van der Waals surface area contributed by atoms with Gasteiger partial charge in [0.1, 0.15) is 19.3 Å². The molecule has 9 heteroatoms.